The van der Waals surface area contributed by atoms with Crippen molar-refractivity contribution in [3.63, 3.8) is 0 Å². The van der Waals surface area contributed by atoms with Gasteiger partial charge < -0.3 is 14.7 Å². The summed E-state index contributed by atoms with van der Waals surface area (Å²) >= 11 is 0. The van der Waals surface area contributed by atoms with Gasteiger partial charge >= 0.3 is 5.97 Å². The molecule has 6 nitrogen and oxygen atoms in total. The van der Waals surface area contributed by atoms with Crippen LogP contribution in [-0.4, -0.2) is 65.8 Å². The zero-order chi connectivity index (χ0) is 17.6. The molecule has 1 atom stereocenters. The molecule has 1 radical (unpaired) electrons. The Kier molecular flexibility index (Phi) is 9.55. The van der Waals surface area contributed by atoms with Crippen LogP contribution in [0.1, 0.15) is 40.0 Å². The van der Waals surface area contributed by atoms with Gasteiger partial charge in [0.1, 0.15) is 18.3 Å². The number of ether oxygens (including phenoxy) is 1. The van der Waals surface area contributed by atoms with Gasteiger partial charge in [0.25, 0.3) is 0 Å². The second kappa shape index (κ2) is 10.0. The van der Waals surface area contributed by atoms with Gasteiger partial charge in [-0.3, -0.25) is 9.59 Å². The van der Waals surface area contributed by atoms with Crippen molar-refractivity contribution in [2.45, 2.75) is 40.0 Å². The third-order valence-corrected chi connectivity index (χ3v) is 3.79. The number of rotatable bonds is 7. The van der Waals surface area contributed by atoms with Gasteiger partial charge in [0.2, 0.25) is 0 Å². The maximum absolute atomic E-state index is 12.5. The standard InChI is InChI=1S/C17H25NO5.Na/c1-6-8-11(18-23-9-7-2)13-12(19)10-17(3,4)14(15(13)20)16(21)22-5;/h7,14,20H,2,6,8-10H2,1,3-5H3;. The molecule has 7 heteroatoms. The molecule has 0 saturated carbocycles. The van der Waals surface area contributed by atoms with E-state index in [-0.39, 0.29) is 59.7 Å². The largest absolute Gasteiger partial charge is 0.511 e. The van der Waals surface area contributed by atoms with Gasteiger partial charge in [0.05, 0.1) is 18.4 Å². The summed E-state index contributed by atoms with van der Waals surface area (Å²) in [5, 5.41) is 14.5. The molecule has 1 aliphatic carbocycles. The zero-order valence-electron chi connectivity index (χ0n) is 15.2. The molecule has 1 unspecified atom stereocenters. The molecule has 0 aromatic carbocycles. The fourth-order valence-corrected chi connectivity index (χ4v) is 2.74. The van der Waals surface area contributed by atoms with E-state index in [1.165, 1.54) is 13.2 Å². The molecular formula is C17H25NNaO5. The first-order chi connectivity index (χ1) is 10.8. The number of methoxy groups -OCH3 is 1. The summed E-state index contributed by atoms with van der Waals surface area (Å²) in [6, 6.07) is 0. The fourth-order valence-electron chi connectivity index (χ4n) is 2.74. The van der Waals surface area contributed by atoms with Crippen LogP contribution in [-0.2, 0) is 19.2 Å². The van der Waals surface area contributed by atoms with Crippen LogP contribution in [0.5, 0.6) is 0 Å². The number of ketones is 1. The number of carbonyl (C=O) groups is 2. The average molecular weight is 346 g/mol. The van der Waals surface area contributed by atoms with Crippen molar-refractivity contribution in [1.29, 1.82) is 0 Å². The summed E-state index contributed by atoms with van der Waals surface area (Å²) in [5.41, 5.74) is -0.302. The molecule has 0 aromatic rings. The summed E-state index contributed by atoms with van der Waals surface area (Å²) in [6.07, 6.45) is 2.82. The molecule has 1 rings (SSSR count). The van der Waals surface area contributed by atoms with Crippen LogP contribution in [0, 0.1) is 11.3 Å². The molecular weight excluding hydrogens is 321 g/mol. The van der Waals surface area contributed by atoms with Gasteiger partial charge in [-0.05, 0) is 11.8 Å². The summed E-state index contributed by atoms with van der Waals surface area (Å²) < 4.78 is 4.79. The van der Waals surface area contributed by atoms with Gasteiger partial charge in [-0.15, -0.1) is 0 Å². The van der Waals surface area contributed by atoms with Crippen molar-refractivity contribution in [3.8, 4) is 0 Å². The van der Waals surface area contributed by atoms with Crippen LogP contribution in [0.2, 0.25) is 0 Å². The Labute approximate surface area is 165 Å². The Hall–Kier alpha value is -1.11. The van der Waals surface area contributed by atoms with Crippen LogP contribution in [0.25, 0.3) is 0 Å². The Morgan fingerprint density at radius 3 is 2.62 bits per heavy atom. The van der Waals surface area contributed by atoms with Gasteiger partial charge in [0, 0.05) is 36.0 Å². The van der Waals surface area contributed by atoms with Gasteiger partial charge in [-0.1, -0.05) is 45.0 Å². The molecule has 0 heterocycles. The summed E-state index contributed by atoms with van der Waals surface area (Å²) in [6.45, 7) is 9.16. The van der Waals surface area contributed by atoms with Crippen LogP contribution in [0.15, 0.2) is 29.1 Å². The first kappa shape index (κ1) is 22.9. The molecule has 0 spiro atoms. The number of Topliss-reactive ketones (excluding diaryl/α,β-unsaturated/α-hetero) is 1. The zero-order valence-corrected chi connectivity index (χ0v) is 17.2. The van der Waals surface area contributed by atoms with Gasteiger partial charge in [0.15, 0.2) is 5.78 Å². The van der Waals surface area contributed by atoms with E-state index < -0.39 is 17.3 Å². The molecule has 1 N–H and O–H groups in total. The number of aliphatic hydroxyl groups is 1. The van der Waals surface area contributed by atoms with Gasteiger partial charge in [-0.25, -0.2) is 0 Å². The van der Waals surface area contributed by atoms with Crippen LogP contribution >= 0.6 is 0 Å². The van der Waals surface area contributed by atoms with E-state index in [1.54, 1.807) is 13.8 Å². The molecule has 0 bridgehead atoms. The molecule has 0 aromatic heterocycles. The number of hydrogen-bond donors (Lipinski definition) is 1. The van der Waals surface area contributed by atoms with E-state index in [0.717, 1.165) is 0 Å². The fraction of sp³-hybridized carbons (Fsp3) is 0.588. The topological polar surface area (TPSA) is 85.2 Å². The number of carbonyl (C=O) groups excluding carboxylic acids is 2. The number of nitrogens with zero attached hydrogens (tertiary/aromatic N) is 1. The SMILES string of the molecule is C=CCON=C(CCC)C1=C(O)C(C(=O)OC)C(C)(C)CC1=O.[Na]. The van der Waals surface area contributed by atoms with Crippen molar-refractivity contribution < 1.29 is 24.3 Å². The average Bonchev–Trinajstić information content (AvgIpc) is 2.45. The van der Waals surface area contributed by atoms with E-state index in [1.807, 2.05) is 6.92 Å². The summed E-state index contributed by atoms with van der Waals surface area (Å²) in [7, 11) is 1.26. The molecule has 0 fully saturated rings. The quantitative estimate of drug-likeness (QED) is 0.191. The summed E-state index contributed by atoms with van der Waals surface area (Å²) in [4.78, 5) is 29.7. The van der Waals surface area contributed by atoms with Crippen molar-refractivity contribution in [3.05, 3.63) is 24.0 Å². The Morgan fingerprint density at radius 1 is 1.50 bits per heavy atom. The monoisotopic (exact) mass is 346 g/mol. The molecule has 129 valence electrons. The van der Waals surface area contributed by atoms with E-state index in [2.05, 4.69) is 11.7 Å². The van der Waals surface area contributed by atoms with Crippen LogP contribution in [0.3, 0.4) is 0 Å². The minimum Gasteiger partial charge on any atom is -0.511 e. The minimum atomic E-state index is -0.901. The maximum Gasteiger partial charge on any atom is 0.316 e. The van der Waals surface area contributed by atoms with Gasteiger partial charge in [-0.2, -0.15) is 0 Å². The number of hydrogen-bond acceptors (Lipinski definition) is 6. The molecule has 0 aliphatic heterocycles. The van der Waals surface area contributed by atoms with E-state index >= 15 is 0 Å². The van der Waals surface area contributed by atoms with E-state index in [4.69, 9.17) is 9.57 Å². The van der Waals surface area contributed by atoms with E-state index in [9.17, 15) is 14.7 Å². The first-order valence-electron chi connectivity index (χ1n) is 7.64. The van der Waals surface area contributed by atoms with Crippen molar-refractivity contribution in [2.24, 2.45) is 16.5 Å². The maximum atomic E-state index is 12.5. The minimum absolute atomic E-state index is 0. The van der Waals surface area contributed by atoms with E-state index in [0.29, 0.717) is 18.6 Å². The van der Waals surface area contributed by atoms with Crippen LogP contribution < -0.4 is 0 Å². The van der Waals surface area contributed by atoms with Crippen molar-refractivity contribution in [2.75, 3.05) is 13.7 Å². The first-order valence-corrected chi connectivity index (χ1v) is 7.64. The second-order valence-electron chi connectivity index (χ2n) is 6.18. The molecule has 0 amide bonds. The Bertz CT molecular complexity index is 551. The Morgan fingerprint density at radius 2 is 2.12 bits per heavy atom. The third kappa shape index (κ3) is 5.19. The summed E-state index contributed by atoms with van der Waals surface area (Å²) in [5.74, 6) is -2.00. The molecule has 24 heavy (non-hydrogen) atoms. The Balaban J connectivity index is 0.00000529. The molecule has 1 aliphatic rings. The number of esters is 1. The second-order valence-corrected chi connectivity index (χ2v) is 6.18. The van der Waals surface area contributed by atoms with Crippen molar-refractivity contribution in [1.82, 2.24) is 0 Å². The molecule has 0 saturated heterocycles. The van der Waals surface area contributed by atoms with Crippen LogP contribution in [0.4, 0.5) is 0 Å². The number of aliphatic hydroxyl groups excluding tert-OH is 1. The third-order valence-electron chi connectivity index (χ3n) is 3.79. The normalized spacial score (nSPS) is 20.2. The van der Waals surface area contributed by atoms with Crippen molar-refractivity contribution >= 4 is 47.0 Å². The number of allylic oxidation sites excluding steroid dienone is 1. The predicted octanol–water partition coefficient (Wildman–Crippen LogP) is 2.56. The number of oxime groups is 1. The predicted molar refractivity (Wildman–Crippen MR) is 92.8 cm³/mol. The smallest absolute Gasteiger partial charge is 0.316 e.